The van der Waals surface area contributed by atoms with Crippen LogP contribution in [0.15, 0.2) is 71.1 Å². The van der Waals surface area contributed by atoms with Gasteiger partial charge in [-0.1, -0.05) is 30.0 Å². The van der Waals surface area contributed by atoms with Crippen molar-refractivity contribution in [1.29, 1.82) is 5.26 Å². The molecule has 3 rings (SSSR count). The molecule has 0 aliphatic carbocycles. The maximum absolute atomic E-state index is 12.8. The van der Waals surface area contributed by atoms with Crippen LogP contribution in [-0.4, -0.2) is 11.7 Å². The fourth-order valence-electron chi connectivity index (χ4n) is 2.65. The highest BCUT2D eigenvalue weighted by molar-refractivity contribution is 7.99. The van der Waals surface area contributed by atoms with E-state index in [0.717, 1.165) is 28.6 Å². The number of alkyl halides is 5. The summed E-state index contributed by atoms with van der Waals surface area (Å²) in [6.07, 6.45) is -3.23. The van der Waals surface area contributed by atoms with Gasteiger partial charge in [0.15, 0.2) is 0 Å². The maximum atomic E-state index is 12.8. The Kier molecular flexibility index (Phi) is 7.33. The molecule has 2 aromatic carbocycles. The summed E-state index contributed by atoms with van der Waals surface area (Å²) in [5, 5.41) is 11.6. The quantitative estimate of drug-likeness (QED) is 0.174. The molecule has 32 heavy (non-hydrogen) atoms. The lowest BCUT2D eigenvalue weighted by atomic mass is 10.1. The average molecular weight is 480 g/mol. The molecule has 1 N–H and O–H groups in total. The Morgan fingerprint density at radius 2 is 1.81 bits per heavy atom. The van der Waals surface area contributed by atoms with E-state index in [1.165, 1.54) is 23.5 Å². The molecule has 0 spiro atoms. The first kappa shape index (κ1) is 23.5. The van der Waals surface area contributed by atoms with Crippen LogP contribution in [0, 0.1) is 11.3 Å². The van der Waals surface area contributed by atoms with Crippen LogP contribution in [0.2, 0.25) is 0 Å². The third kappa shape index (κ3) is 6.18. The summed E-state index contributed by atoms with van der Waals surface area (Å²) in [6, 6.07) is 15.8. The third-order valence-corrected chi connectivity index (χ3v) is 5.89. The molecule has 1 heterocycles. The Morgan fingerprint density at radius 1 is 1.09 bits per heavy atom. The van der Waals surface area contributed by atoms with Gasteiger partial charge in [0.2, 0.25) is 0 Å². The van der Waals surface area contributed by atoms with E-state index in [4.69, 9.17) is 0 Å². The highest BCUT2D eigenvalue weighted by atomic mass is 32.2. The summed E-state index contributed by atoms with van der Waals surface area (Å²) in [6.45, 7) is 0. The lowest BCUT2D eigenvalue weighted by Crippen LogP contribution is -2.14. The van der Waals surface area contributed by atoms with Gasteiger partial charge < -0.3 is 5.32 Å². The lowest BCUT2D eigenvalue weighted by Gasteiger charge is -2.09. The van der Waals surface area contributed by atoms with Crippen LogP contribution in [0.5, 0.6) is 0 Å². The molecule has 0 fully saturated rings. The summed E-state index contributed by atoms with van der Waals surface area (Å²) in [5.74, 6) is -3.35. The molecule has 1 aromatic heterocycles. The van der Waals surface area contributed by atoms with Crippen LogP contribution in [0.1, 0.15) is 10.4 Å². The second kappa shape index (κ2) is 9.97. The number of rotatable bonds is 6. The lowest BCUT2D eigenvalue weighted by molar-refractivity contribution is -0.137. The van der Waals surface area contributed by atoms with E-state index >= 15 is 0 Å². The number of thioether (sulfide) groups is 1. The number of halogens is 5. The molecule has 0 unspecified atom stereocenters. The minimum atomic E-state index is -4.56. The van der Waals surface area contributed by atoms with Crippen LogP contribution < -0.4 is 5.32 Å². The number of carbonyl (C=O) groups excluding carboxylic acids is 1. The van der Waals surface area contributed by atoms with Crippen LogP contribution >= 0.6 is 23.1 Å². The van der Waals surface area contributed by atoms with Crippen molar-refractivity contribution in [3.8, 4) is 16.5 Å². The van der Waals surface area contributed by atoms with Crippen molar-refractivity contribution in [2.75, 3.05) is 5.32 Å². The fourth-order valence-corrected chi connectivity index (χ4v) is 4.10. The van der Waals surface area contributed by atoms with Gasteiger partial charge in [0.05, 0.1) is 5.56 Å². The maximum Gasteiger partial charge on any atom is 0.416 e. The number of anilines is 1. The number of thiophene rings is 1. The fraction of sp³-hybridized carbons (Fsp3) is 0.0909. The van der Waals surface area contributed by atoms with Crippen LogP contribution in [-0.2, 0) is 11.0 Å². The predicted octanol–water partition coefficient (Wildman–Crippen LogP) is 7.29. The number of nitriles is 1. The van der Waals surface area contributed by atoms with Gasteiger partial charge in [-0.2, -0.15) is 27.2 Å². The molecule has 0 saturated carbocycles. The molecule has 0 atom stereocenters. The van der Waals surface area contributed by atoms with Crippen LogP contribution in [0.25, 0.3) is 16.5 Å². The summed E-state index contributed by atoms with van der Waals surface area (Å²) in [7, 11) is 0. The first-order valence-corrected chi connectivity index (χ1v) is 10.6. The summed E-state index contributed by atoms with van der Waals surface area (Å²) in [5.41, 5.74) is -0.502. The van der Waals surface area contributed by atoms with E-state index in [1.807, 2.05) is 0 Å². The van der Waals surface area contributed by atoms with E-state index in [0.29, 0.717) is 21.5 Å². The Morgan fingerprint density at radius 3 is 2.44 bits per heavy atom. The summed E-state index contributed by atoms with van der Waals surface area (Å²) < 4.78 is 63.3. The zero-order valence-corrected chi connectivity index (χ0v) is 17.6. The second-order valence-electron chi connectivity index (χ2n) is 6.31. The Balaban J connectivity index is 1.75. The van der Waals surface area contributed by atoms with Crippen molar-refractivity contribution in [3.05, 3.63) is 76.7 Å². The van der Waals surface area contributed by atoms with E-state index in [2.05, 4.69) is 5.32 Å². The molecule has 10 heteroatoms. The second-order valence-corrected chi connectivity index (χ2v) is 8.49. The van der Waals surface area contributed by atoms with E-state index < -0.39 is 23.4 Å². The first-order chi connectivity index (χ1) is 15.2. The number of hydrogen-bond acceptors (Lipinski definition) is 4. The number of hydrogen-bond donors (Lipinski definition) is 1. The molecule has 0 bridgehead atoms. The molecule has 3 aromatic rings. The van der Waals surface area contributed by atoms with Crippen molar-refractivity contribution in [1.82, 2.24) is 0 Å². The molecular formula is C22H13F5N2OS2. The Labute approximate surface area is 188 Å². The average Bonchev–Trinajstić information content (AvgIpc) is 3.20. The van der Waals surface area contributed by atoms with E-state index in [1.54, 1.807) is 42.5 Å². The van der Waals surface area contributed by atoms with E-state index in [-0.39, 0.29) is 11.3 Å². The summed E-state index contributed by atoms with van der Waals surface area (Å²) >= 11 is 1.71. The highest BCUT2D eigenvalue weighted by Crippen LogP contribution is 2.33. The zero-order chi connectivity index (χ0) is 23.3. The monoisotopic (exact) mass is 480 g/mol. The van der Waals surface area contributed by atoms with Crippen molar-refractivity contribution in [3.63, 3.8) is 0 Å². The Bertz CT molecular complexity index is 1180. The van der Waals surface area contributed by atoms with Crippen molar-refractivity contribution in [2.45, 2.75) is 16.8 Å². The van der Waals surface area contributed by atoms with Gasteiger partial charge in [-0.15, -0.1) is 11.3 Å². The van der Waals surface area contributed by atoms with Gasteiger partial charge in [0, 0.05) is 20.3 Å². The number of amides is 1. The minimum absolute atomic E-state index is 0.0837. The van der Waals surface area contributed by atoms with Gasteiger partial charge in [-0.3, -0.25) is 4.79 Å². The van der Waals surface area contributed by atoms with Gasteiger partial charge >= 0.3 is 6.18 Å². The molecule has 164 valence electrons. The molecule has 0 saturated heterocycles. The molecule has 0 radical (unpaired) electrons. The number of carbonyl (C=O) groups is 1. The van der Waals surface area contributed by atoms with Crippen LogP contribution in [0.3, 0.4) is 0 Å². The largest absolute Gasteiger partial charge is 0.416 e. The number of nitrogens with zero attached hydrogens (tertiary/aromatic N) is 1. The minimum Gasteiger partial charge on any atom is -0.321 e. The molecule has 0 aliphatic rings. The molecule has 3 nitrogen and oxygen atoms in total. The van der Waals surface area contributed by atoms with Crippen molar-refractivity contribution >= 4 is 40.8 Å². The first-order valence-electron chi connectivity index (χ1n) is 8.91. The zero-order valence-electron chi connectivity index (χ0n) is 16.0. The summed E-state index contributed by atoms with van der Waals surface area (Å²) in [4.78, 5) is 14.2. The standard InChI is InChI=1S/C22H13F5N2OS2/c23-21(24)32-17-6-4-13(5-7-17)19-9-8-18(31-19)10-14(12-28)20(30)29-16-3-1-2-15(11-16)22(25,26)27/h1-11,21H,(H,29,30). The topological polar surface area (TPSA) is 52.9 Å². The van der Waals surface area contributed by atoms with Gasteiger partial charge in [0.1, 0.15) is 11.6 Å². The Hall–Kier alpha value is -3.16. The van der Waals surface area contributed by atoms with E-state index in [9.17, 15) is 32.0 Å². The smallest absolute Gasteiger partial charge is 0.321 e. The molecule has 0 aliphatic heterocycles. The van der Waals surface area contributed by atoms with Crippen LogP contribution in [0.4, 0.5) is 27.6 Å². The molecular weight excluding hydrogens is 467 g/mol. The van der Waals surface area contributed by atoms with Crippen molar-refractivity contribution < 1.29 is 26.7 Å². The number of nitrogens with one attached hydrogen (secondary N) is 1. The number of benzene rings is 2. The van der Waals surface area contributed by atoms with Gasteiger partial charge in [0.25, 0.3) is 11.7 Å². The normalized spacial score (nSPS) is 12.0. The van der Waals surface area contributed by atoms with Crippen molar-refractivity contribution in [2.24, 2.45) is 0 Å². The SMILES string of the molecule is N#CC(=Cc1ccc(-c2ccc(SC(F)F)cc2)s1)C(=O)Nc1cccc(C(F)(F)F)c1. The third-order valence-electron chi connectivity index (χ3n) is 4.09. The molecule has 1 amide bonds. The van der Waals surface area contributed by atoms with Gasteiger partial charge in [-0.25, -0.2) is 0 Å². The predicted molar refractivity (Wildman–Crippen MR) is 115 cm³/mol. The van der Waals surface area contributed by atoms with Gasteiger partial charge in [-0.05, 0) is 54.1 Å². The highest BCUT2D eigenvalue weighted by Gasteiger charge is 2.30.